The number of imidazole rings is 1. The molecular weight excluding hydrogens is 352 g/mol. The van der Waals surface area contributed by atoms with Crippen LogP contribution in [0.15, 0.2) is 67.1 Å². The zero-order chi connectivity index (χ0) is 19.3. The largest absolute Gasteiger partial charge is 0.352 e. The maximum atomic E-state index is 12.5. The van der Waals surface area contributed by atoms with Crippen molar-refractivity contribution in [2.75, 3.05) is 0 Å². The van der Waals surface area contributed by atoms with Crippen LogP contribution in [-0.2, 0) is 17.9 Å². The lowest BCUT2D eigenvalue weighted by atomic mass is 10.2. The van der Waals surface area contributed by atoms with Gasteiger partial charge in [0.1, 0.15) is 5.69 Å². The third-order valence-electron chi connectivity index (χ3n) is 4.54. The minimum Gasteiger partial charge on any atom is -0.352 e. The molecule has 142 valence electrons. The fourth-order valence-electron chi connectivity index (χ4n) is 3.29. The Kier molecular flexibility index (Phi) is 5.14. The molecule has 0 bridgehead atoms. The number of fused-ring (bicyclic) bond motifs is 1. The molecule has 0 aliphatic carbocycles. The zero-order valence-electron chi connectivity index (χ0n) is 15.7. The molecule has 0 aliphatic rings. The third-order valence-corrected chi connectivity index (χ3v) is 4.54. The number of hydrogen-bond acceptors (Lipinski definition) is 4. The maximum absolute atomic E-state index is 12.5. The lowest BCUT2D eigenvalue weighted by Gasteiger charge is -2.15. The smallest absolute Gasteiger partial charge is 0.222 e. The Morgan fingerprint density at radius 3 is 2.75 bits per heavy atom. The van der Waals surface area contributed by atoms with E-state index in [0.717, 1.165) is 22.6 Å². The zero-order valence-corrected chi connectivity index (χ0v) is 15.7. The summed E-state index contributed by atoms with van der Waals surface area (Å²) in [5.74, 6) is 0.781. The highest BCUT2D eigenvalue weighted by Gasteiger charge is 2.15. The van der Waals surface area contributed by atoms with Crippen LogP contribution in [-0.4, -0.2) is 36.3 Å². The Morgan fingerprint density at radius 1 is 1.11 bits per heavy atom. The summed E-state index contributed by atoms with van der Waals surface area (Å²) < 4.78 is 3.88. The molecule has 3 heterocycles. The molecule has 4 aromatic rings. The van der Waals surface area contributed by atoms with Gasteiger partial charge in [0.05, 0.1) is 17.6 Å². The predicted molar refractivity (Wildman–Crippen MR) is 107 cm³/mol. The molecule has 0 spiro atoms. The van der Waals surface area contributed by atoms with E-state index in [-0.39, 0.29) is 11.9 Å². The van der Waals surface area contributed by atoms with Gasteiger partial charge in [-0.15, -0.1) is 0 Å². The minimum absolute atomic E-state index is 0.00203. The van der Waals surface area contributed by atoms with Gasteiger partial charge in [0.2, 0.25) is 5.91 Å². The molecule has 0 fully saturated rings. The van der Waals surface area contributed by atoms with Gasteiger partial charge in [0.25, 0.3) is 0 Å². The average Bonchev–Trinajstić information content (AvgIpc) is 3.34. The number of aryl methyl sites for hydroxylation is 1. The summed E-state index contributed by atoms with van der Waals surface area (Å²) in [6, 6.07) is 15.6. The van der Waals surface area contributed by atoms with Crippen LogP contribution in [0.3, 0.4) is 0 Å². The molecule has 1 aromatic carbocycles. The first kappa shape index (κ1) is 17.9. The van der Waals surface area contributed by atoms with Crippen LogP contribution in [0.25, 0.3) is 22.6 Å². The standard InChI is InChI=1S/C21H22N6O/c1-16(15-26-13-6-12-23-26)24-20(28)10-14-27-19-9-3-2-7-17(19)25-21(27)18-8-4-5-11-22-18/h2-9,11-13,16H,10,14-15H2,1H3,(H,24,28). The van der Waals surface area contributed by atoms with Crippen LogP contribution in [0.1, 0.15) is 13.3 Å². The summed E-state index contributed by atoms with van der Waals surface area (Å²) in [6.45, 7) is 3.16. The van der Waals surface area contributed by atoms with Crippen LogP contribution in [0, 0.1) is 0 Å². The minimum atomic E-state index is 0.00203. The first-order valence-corrected chi connectivity index (χ1v) is 9.34. The Hall–Kier alpha value is -3.48. The van der Waals surface area contributed by atoms with Crippen molar-refractivity contribution in [3.8, 4) is 11.5 Å². The van der Waals surface area contributed by atoms with Crippen molar-refractivity contribution in [3.05, 3.63) is 67.1 Å². The molecule has 7 heteroatoms. The number of nitrogens with zero attached hydrogens (tertiary/aromatic N) is 5. The Bertz CT molecular complexity index is 1060. The number of rotatable bonds is 7. The molecule has 0 saturated heterocycles. The van der Waals surface area contributed by atoms with Crippen molar-refractivity contribution in [1.82, 2.24) is 29.6 Å². The van der Waals surface area contributed by atoms with Crippen molar-refractivity contribution in [2.24, 2.45) is 0 Å². The van der Waals surface area contributed by atoms with Gasteiger partial charge in [-0.2, -0.15) is 5.10 Å². The molecule has 4 rings (SSSR count). The fourth-order valence-corrected chi connectivity index (χ4v) is 3.29. The highest BCUT2D eigenvalue weighted by atomic mass is 16.1. The number of carbonyl (C=O) groups excluding carboxylic acids is 1. The molecular formula is C21H22N6O. The monoisotopic (exact) mass is 374 g/mol. The number of aromatic nitrogens is 5. The van der Waals surface area contributed by atoms with Crippen molar-refractivity contribution in [3.63, 3.8) is 0 Å². The number of hydrogen-bond donors (Lipinski definition) is 1. The van der Waals surface area contributed by atoms with E-state index in [1.165, 1.54) is 0 Å². The van der Waals surface area contributed by atoms with Crippen molar-refractivity contribution < 1.29 is 4.79 Å². The van der Waals surface area contributed by atoms with Gasteiger partial charge in [0, 0.05) is 37.6 Å². The van der Waals surface area contributed by atoms with Gasteiger partial charge in [-0.3, -0.25) is 14.5 Å². The van der Waals surface area contributed by atoms with E-state index >= 15 is 0 Å². The van der Waals surface area contributed by atoms with E-state index in [9.17, 15) is 4.79 Å². The molecule has 1 atom stereocenters. The second-order valence-electron chi connectivity index (χ2n) is 6.74. The fraction of sp³-hybridized carbons (Fsp3) is 0.238. The Morgan fingerprint density at radius 2 is 1.96 bits per heavy atom. The molecule has 7 nitrogen and oxygen atoms in total. The summed E-state index contributed by atoms with van der Waals surface area (Å²) in [4.78, 5) is 21.6. The maximum Gasteiger partial charge on any atom is 0.222 e. The van der Waals surface area contributed by atoms with E-state index in [2.05, 4.69) is 20.0 Å². The van der Waals surface area contributed by atoms with Crippen LogP contribution in [0.2, 0.25) is 0 Å². The van der Waals surface area contributed by atoms with E-state index < -0.39 is 0 Å². The lowest BCUT2D eigenvalue weighted by Crippen LogP contribution is -2.36. The van der Waals surface area contributed by atoms with E-state index in [1.54, 1.807) is 12.4 Å². The number of nitrogens with one attached hydrogen (secondary N) is 1. The Labute approximate surface area is 163 Å². The van der Waals surface area contributed by atoms with Gasteiger partial charge < -0.3 is 9.88 Å². The van der Waals surface area contributed by atoms with Gasteiger partial charge in [0.15, 0.2) is 5.82 Å². The second-order valence-corrected chi connectivity index (χ2v) is 6.74. The van der Waals surface area contributed by atoms with Crippen molar-refractivity contribution >= 4 is 16.9 Å². The number of para-hydroxylation sites is 2. The normalized spacial score (nSPS) is 12.2. The van der Waals surface area contributed by atoms with E-state index in [1.807, 2.05) is 66.3 Å². The predicted octanol–water partition coefficient (Wildman–Crippen LogP) is 2.89. The average molecular weight is 374 g/mol. The first-order valence-electron chi connectivity index (χ1n) is 9.34. The quantitative estimate of drug-likeness (QED) is 0.540. The van der Waals surface area contributed by atoms with Crippen LogP contribution in [0.5, 0.6) is 0 Å². The number of benzene rings is 1. The second kappa shape index (κ2) is 8.04. The van der Waals surface area contributed by atoms with E-state index in [0.29, 0.717) is 19.5 Å². The molecule has 0 saturated carbocycles. The highest BCUT2D eigenvalue weighted by molar-refractivity contribution is 5.81. The molecule has 1 amide bonds. The molecule has 1 N–H and O–H groups in total. The molecule has 28 heavy (non-hydrogen) atoms. The van der Waals surface area contributed by atoms with Gasteiger partial charge in [-0.05, 0) is 37.3 Å². The summed E-state index contributed by atoms with van der Waals surface area (Å²) in [7, 11) is 0. The van der Waals surface area contributed by atoms with Crippen molar-refractivity contribution in [1.29, 1.82) is 0 Å². The summed E-state index contributed by atoms with van der Waals surface area (Å²) in [5.41, 5.74) is 2.70. The molecule has 3 aromatic heterocycles. The first-order chi connectivity index (χ1) is 13.7. The summed E-state index contributed by atoms with van der Waals surface area (Å²) in [6.07, 6.45) is 5.74. The lowest BCUT2D eigenvalue weighted by molar-refractivity contribution is -0.122. The highest BCUT2D eigenvalue weighted by Crippen LogP contribution is 2.23. The van der Waals surface area contributed by atoms with Gasteiger partial charge in [-0.1, -0.05) is 18.2 Å². The van der Waals surface area contributed by atoms with Gasteiger partial charge in [-0.25, -0.2) is 4.98 Å². The molecule has 1 unspecified atom stereocenters. The molecule has 0 aliphatic heterocycles. The van der Waals surface area contributed by atoms with Crippen LogP contribution < -0.4 is 5.32 Å². The summed E-state index contributed by atoms with van der Waals surface area (Å²) in [5, 5.41) is 7.21. The van der Waals surface area contributed by atoms with Gasteiger partial charge >= 0.3 is 0 Å². The third kappa shape index (κ3) is 3.93. The Balaban J connectivity index is 1.49. The van der Waals surface area contributed by atoms with E-state index in [4.69, 9.17) is 4.98 Å². The van der Waals surface area contributed by atoms with Crippen molar-refractivity contribution in [2.45, 2.75) is 32.5 Å². The number of pyridine rings is 1. The molecule has 0 radical (unpaired) electrons. The topological polar surface area (TPSA) is 77.6 Å². The number of amides is 1. The van der Waals surface area contributed by atoms with Crippen LogP contribution >= 0.6 is 0 Å². The van der Waals surface area contributed by atoms with Crippen LogP contribution in [0.4, 0.5) is 0 Å². The SMILES string of the molecule is CC(Cn1cccn1)NC(=O)CCn1c(-c2ccccn2)nc2ccccc21. The summed E-state index contributed by atoms with van der Waals surface area (Å²) >= 11 is 0. The number of carbonyl (C=O) groups is 1.